The summed E-state index contributed by atoms with van der Waals surface area (Å²) in [6.45, 7) is 11.4. The largest absolute Gasteiger partial charge is 0.467 e. The molecule has 0 radical (unpaired) electrons. The van der Waals surface area contributed by atoms with Crippen molar-refractivity contribution >= 4 is 29.8 Å². The van der Waals surface area contributed by atoms with Crippen LogP contribution in [0.25, 0.3) is 0 Å². The molecule has 5 atom stereocenters. The summed E-state index contributed by atoms with van der Waals surface area (Å²) in [7, 11) is 1.20. The lowest BCUT2D eigenvalue weighted by Gasteiger charge is -2.32. The summed E-state index contributed by atoms with van der Waals surface area (Å²) in [4.78, 5) is 64.3. The molecule has 0 spiro atoms. The fraction of sp³-hybridized carbons (Fsp3) is 0.633. The van der Waals surface area contributed by atoms with E-state index < -0.39 is 59.6 Å². The highest BCUT2D eigenvalue weighted by Gasteiger charge is 2.36. The van der Waals surface area contributed by atoms with Crippen molar-refractivity contribution < 1.29 is 38.2 Å². The Labute approximate surface area is 248 Å². The molecule has 4 amide bonds. The Hall–Kier alpha value is -3.67. The summed E-state index contributed by atoms with van der Waals surface area (Å²) in [6.07, 6.45) is -0.766. The van der Waals surface area contributed by atoms with E-state index in [4.69, 9.17) is 14.2 Å². The molecule has 0 aromatic heterocycles. The third-order valence-electron chi connectivity index (χ3n) is 6.60. The predicted molar refractivity (Wildman–Crippen MR) is 155 cm³/mol. The Balaban J connectivity index is 2.19. The van der Waals surface area contributed by atoms with Crippen LogP contribution >= 0.6 is 0 Å². The van der Waals surface area contributed by atoms with Crippen LogP contribution in [0.3, 0.4) is 0 Å². The Morgan fingerprint density at radius 2 is 1.62 bits per heavy atom. The summed E-state index contributed by atoms with van der Waals surface area (Å²) in [5, 5.41) is 10.7. The quantitative estimate of drug-likeness (QED) is 0.240. The molecule has 0 aliphatic carbocycles. The molecule has 42 heavy (non-hydrogen) atoms. The van der Waals surface area contributed by atoms with Gasteiger partial charge in [0.2, 0.25) is 17.7 Å². The molecule has 1 aromatic carbocycles. The van der Waals surface area contributed by atoms with Crippen molar-refractivity contribution in [3.05, 3.63) is 35.9 Å². The van der Waals surface area contributed by atoms with Crippen LogP contribution in [0, 0.1) is 11.8 Å². The number of rotatable bonds is 14. The lowest BCUT2D eigenvalue weighted by atomic mass is 9.97. The van der Waals surface area contributed by atoms with E-state index in [0.717, 1.165) is 5.56 Å². The zero-order valence-electron chi connectivity index (χ0n) is 25.7. The van der Waals surface area contributed by atoms with Crippen molar-refractivity contribution in [2.45, 2.75) is 97.2 Å². The molecule has 0 bridgehead atoms. The van der Waals surface area contributed by atoms with Crippen LogP contribution in [0.1, 0.15) is 66.4 Å². The highest BCUT2D eigenvalue weighted by Crippen LogP contribution is 2.18. The molecule has 0 saturated carbocycles. The molecule has 12 nitrogen and oxygen atoms in total. The van der Waals surface area contributed by atoms with Gasteiger partial charge in [-0.3, -0.25) is 14.4 Å². The van der Waals surface area contributed by atoms with E-state index in [2.05, 4.69) is 21.3 Å². The van der Waals surface area contributed by atoms with Crippen LogP contribution in [0.5, 0.6) is 0 Å². The van der Waals surface area contributed by atoms with Crippen molar-refractivity contribution in [2.24, 2.45) is 11.8 Å². The number of hydrogen-bond donors (Lipinski definition) is 4. The summed E-state index contributed by atoms with van der Waals surface area (Å²) < 4.78 is 16.2. The molecular formula is C30H46N4O8. The highest BCUT2D eigenvalue weighted by atomic mass is 16.6. The minimum Gasteiger partial charge on any atom is -0.467 e. The first-order chi connectivity index (χ1) is 19.7. The van der Waals surface area contributed by atoms with E-state index in [0.29, 0.717) is 13.0 Å². The highest BCUT2D eigenvalue weighted by molar-refractivity contribution is 5.93. The minimum atomic E-state index is -1.20. The van der Waals surface area contributed by atoms with Crippen LogP contribution < -0.4 is 21.3 Å². The lowest BCUT2D eigenvalue weighted by Crippen LogP contribution is -2.59. The molecule has 1 unspecified atom stereocenters. The Kier molecular flexibility index (Phi) is 13.2. The van der Waals surface area contributed by atoms with Gasteiger partial charge in [0.25, 0.3) is 0 Å². The maximum Gasteiger partial charge on any atom is 0.408 e. The minimum absolute atomic E-state index is 0.00182. The zero-order valence-corrected chi connectivity index (χ0v) is 25.7. The number of ether oxygens (including phenoxy) is 3. The van der Waals surface area contributed by atoms with E-state index in [-0.39, 0.29) is 31.3 Å². The first-order valence-electron chi connectivity index (χ1n) is 14.3. The van der Waals surface area contributed by atoms with Crippen molar-refractivity contribution in [3.63, 3.8) is 0 Å². The topological polar surface area (TPSA) is 161 Å². The summed E-state index contributed by atoms with van der Waals surface area (Å²) in [5.74, 6) is -2.60. The first kappa shape index (κ1) is 34.5. The van der Waals surface area contributed by atoms with Gasteiger partial charge in [0.1, 0.15) is 24.7 Å². The number of amides is 4. The Morgan fingerprint density at radius 1 is 0.976 bits per heavy atom. The fourth-order valence-corrected chi connectivity index (χ4v) is 4.66. The van der Waals surface area contributed by atoms with Crippen LogP contribution in [-0.4, -0.2) is 73.3 Å². The molecule has 1 heterocycles. The van der Waals surface area contributed by atoms with Gasteiger partial charge in [-0.2, -0.15) is 0 Å². The van der Waals surface area contributed by atoms with E-state index in [1.165, 1.54) is 7.11 Å². The number of esters is 1. The van der Waals surface area contributed by atoms with Crippen molar-refractivity contribution in [1.82, 2.24) is 21.3 Å². The number of carbonyl (C=O) groups is 5. The fourth-order valence-electron chi connectivity index (χ4n) is 4.66. The van der Waals surface area contributed by atoms with E-state index >= 15 is 0 Å². The van der Waals surface area contributed by atoms with Gasteiger partial charge in [-0.05, 0) is 58.4 Å². The molecule has 1 aliphatic rings. The predicted octanol–water partition coefficient (Wildman–Crippen LogP) is 2.20. The number of alkyl carbamates (subject to hydrolysis) is 1. The van der Waals surface area contributed by atoms with Gasteiger partial charge in [0.05, 0.1) is 18.8 Å². The van der Waals surface area contributed by atoms with Gasteiger partial charge < -0.3 is 35.5 Å². The first-order valence-corrected chi connectivity index (χ1v) is 14.3. The number of benzene rings is 1. The maximum absolute atomic E-state index is 13.6. The third-order valence-corrected chi connectivity index (χ3v) is 6.60. The smallest absolute Gasteiger partial charge is 0.408 e. The van der Waals surface area contributed by atoms with Crippen molar-refractivity contribution in [1.29, 1.82) is 0 Å². The van der Waals surface area contributed by atoms with Crippen LogP contribution in [0.2, 0.25) is 0 Å². The average molecular weight is 591 g/mol. The summed E-state index contributed by atoms with van der Waals surface area (Å²) in [6, 6.07) is 5.77. The molecule has 2 rings (SSSR count). The molecule has 234 valence electrons. The van der Waals surface area contributed by atoms with Gasteiger partial charge in [-0.15, -0.1) is 0 Å². The standard InChI is InChI=1S/C30H46N4O8/c1-18(2)15-22(26(36)33-23(28(38)40-7)16-21-13-14-31-25(21)35)32-27(37)24(19(3)42-30(4,5)6)34-29(39)41-17-20-11-9-8-10-12-20/h8-12,18-19,21-24H,13-17H2,1-7H3,(H,31,35)(H,32,37)(H,33,36)(H,34,39)/t19?,21-,22-,23-,24-/m0/s1. The zero-order chi connectivity index (χ0) is 31.4. The van der Waals surface area contributed by atoms with E-state index in [1.807, 2.05) is 52.8 Å². The second kappa shape index (κ2) is 16.1. The lowest BCUT2D eigenvalue weighted by molar-refractivity contribution is -0.146. The monoisotopic (exact) mass is 590 g/mol. The van der Waals surface area contributed by atoms with E-state index in [1.54, 1.807) is 19.1 Å². The maximum atomic E-state index is 13.6. The number of nitrogens with one attached hydrogen (secondary N) is 4. The molecule has 12 heteroatoms. The van der Waals surface area contributed by atoms with Crippen LogP contribution in [0.4, 0.5) is 4.79 Å². The van der Waals surface area contributed by atoms with Gasteiger partial charge in [0.15, 0.2) is 0 Å². The van der Waals surface area contributed by atoms with Gasteiger partial charge in [-0.1, -0.05) is 44.2 Å². The second-order valence-electron chi connectivity index (χ2n) is 11.9. The molecule has 4 N–H and O–H groups in total. The molecule has 1 saturated heterocycles. The SMILES string of the molecule is COC(=O)[C@H](C[C@@H]1CCNC1=O)NC(=O)[C@H](CC(C)C)NC(=O)[C@@H](NC(=O)OCc1ccccc1)C(C)OC(C)(C)C. The van der Waals surface area contributed by atoms with Crippen molar-refractivity contribution in [2.75, 3.05) is 13.7 Å². The summed E-state index contributed by atoms with van der Waals surface area (Å²) >= 11 is 0. The van der Waals surface area contributed by atoms with Gasteiger partial charge in [-0.25, -0.2) is 9.59 Å². The van der Waals surface area contributed by atoms with Crippen molar-refractivity contribution in [3.8, 4) is 0 Å². The second-order valence-corrected chi connectivity index (χ2v) is 11.9. The molecule has 1 aromatic rings. The summed E-state index contributed by atoms with van der Waals surface area (Å²) in [5.41, 5.74) is 0.138. The van der Waals surface area contributed by atoms with Crippen LogP contribution in [-0.2, 0) is 40.0 Å². The van der Waals surface area contributed by atoms with E-state index in [9.17, 15) is 24.0 Å². The Morgan fingerprint density at radius 3 is 2.17 bits per heavy atom. The number of hydrogen-bond acceptors (Lipinski definition) is 8. The number of methoxy groups -OCH3 is 1. The molecule has 1 fully saturated rings. The van der Waals surface area contributed by atoms with Crippen LogP contribution in [0.15, 0.2) is 30.3 Å². The van der Waals surface area contributed by atoms with Gasteiger partial charge >= 0.3 is 12.1 Å². The number of carbonyl (C=O) groups excluding carboxylic acids is 5. The van der Waals surface area contributed by atoms with Gasteiger partial charge in [0, 0.05) is 12.5 Å². The normalized spacial score (nSPS) is 17.8. The molecular weight excluding hydrogens is 544 g/mol. The molecule has 1 aliphatic heterocycles. The Bertz CT molecular complexity index is 1070. The third kappa shape index (κ3) is 11.7. The average Bonchev–Trinajstić information content (AvgIpc) is 3.32.